The average Bonchev–Trinajstić information content (AvgIpc) is 2.94. The molecule has 1 aliphatic heterocycles. The number of hydrogen-bond acceptors (Lipinski definition) is 3. The zero-order valence-corrected chi connectivity index (χ0v) is 16.7. The minimum Gasteiger partial charge on any atom is -0.326 e. The summed E-state index contributed by atoms with van der Waals surface area (Å²) in [7, 11) is 0. The predicted molar refractivity (Wildman–Crippen MR) is 107 cm³/mol. The van der Waals surface area contributed by atoms with Crippen molar-refractivity contribution in [2.75, 3.05) is 18.4 Å². The molecular weight excluding hydrogens is 324 g/mol. The number of rotatable bonds is 5. The third-order valence-electron chi connectivity index (χ3n) is 5.31. The summed E-state index contributed by atoms with van der Waals surface area (Å²) in [5, 5.41) is 2.98. The molecule has 3 rings (SSSR count). The first kappa shape index (κ1) is 18.9. The summed E-state index contributed by atoms with van der Waals surface area (Å²) in [6.45, 7) is 13.8. The Kier molecular flexibility index (Phi) is 5.66. The monoisotopic (exact) mass is 356 g/mol. The van der Waals surface area contributed by atoms with Gasteiger partial charge in [0.1, 0.15) is 5.82 Å². The molecule has 1 amide bonds. The highest BCUT2D eigenvalue weighted by Gasteiger charge is 2.20. The van der Waals surface area contributed by atoms with Gasteiger partial charge in [0.25, 0.3) is 0 Å². The number of piperidine rings is 1. The van der Waals surface area contributed by atoms with Gasteiger partial charge in [-0.25, -0.2) is 4.98 Å². The van der Waals surface area contributed by atoms with Crippen molar-refractivity contribution in [3.05, 3.63) is 24.0 Å². The molecule has 0 saturated carbocycles. The van der Waals surface area contributed by atoms with Crippen LogP contribution in [0.15, 0.2) is 18.2 Å². The highest BCUT2D eigenvalue weighted by atomic mass is 16.1. The molecule has 2 aromatic rings. The molecule has 5 heteroatoms. The van der Waals surface area contributed by atoms with Crippen molar-refractivity contribution in [1.29, 1.82) is 0 Å². The molecule has 2 heterocycles. The Morgan fingerprint density at radius 3 is 2.54 bits per heavy atom. The minimum atomic E-state index is -0.0315. The Labute approximate surface area is 156 Å². The number of amides is 1. The van der Waals surface area contributed by atoms with Crippen LogP contribution in [0.4, 0.5) is 5.69 Å². The Hall–Kier alpha value is -1.88. The second-order valence-electron chi connectivity index (χ2n) is 8.30. The van der Waals surface area contributed by atoms with Crippen molar-refractivity contribution in [2.24, 2.45) is 11.8 Å². The van der Waals surface area contributed by atoms with E-state index in [1.807, 2.05) is 26.0 Å². The Bertz CT molecular complexity index is 770. The summed E-state index contributed by atoms with van der Waals surface area (Å²) < 4.78 is 2.33. The number of nitrogens with zero attached hydrogens (tertiary/aromatic N) is 3. The molecule has 0 radical (unpaired) electrons. The van der Waals surface area contributed by atoms with Gasteiger partial charge in [-0.1, -0.05) is 20.8 Å². The molecule has 26 heavy (non-hydrogen) atoms. The molecule has 1 aromatic heterocycles. The van der Waals surface area contributed by atoms with Crippen LogP contribution < -0.4 is 5.32 Å². The van der Waals surface area contributed by atoms with Gasteiger partial charge in [-0.2, -0.15) is 0 Å². The molecule has 1 N–H and O–H groups in total. The molecule has 0 atom stereocenters. The quantitative estimate of drug-likeness (QED) is 0.861. The van der Waals surface area contributed by atoms with Crippen molar-refractivity contribution in [2.45, 2.75) is 60.0 Å². The maximum absolute atomic E-state index is 12.0. The average molecular weight is 357 g/mol. The van der Waals surface area contributed by atoms with Crippen LogP contribution in [0.2, 0.25) is 0 Å². The van der Waals surface area contributed by atoms with E-state index in [1.165, 1.54) is 12.8 Å². The molecule has 1 saturated heterocycles. The number of carbonyl (C=O) groups is 1. The van der Waals surface area contributed by atoms with Crippen molar-refractivity contribution >= 4 is 22.6 Å². The maximum Gasteiger partial charge on any atom is 0.226 e. The summed E-state index contributed by atoms with van der Waals surface area (Å²) in [5.41, 5.74) is 2.92. The van der Waals surface area contributed by atoms with Crippen LogP contribution in [0.25, 0.3) is 11.0 Å². The number of anilines is 1. The first-order valence-corrected chi connectivity index (χ1v) is 9.89. The van der Waals surface area contributed by atoms with Crippen molar-refractivity contribution < 1.29 is 4.79 Å². The van der Waals surface area contributed by atoms with Gasteiger partial charge in [0.15, 0.2) is 0 Å². The third-order valence-corrected chi connectivity index (χ3v) is 5.31. The van der Waals surface area contributed by atoms with Crippen LogP contribution in [0.5, 0.6) is 0 Å². The molecule has 142 valence electrons. The van der Waals surface area contributed by atoms with Gasteiger partial charge in [0, 0.05) is 17.6 Å². The van der Waals surface area contributed by atoms with Gasteiger partial charge < -0.3 is 9.88 Å². The highest BCUT2D eigenvalue weighted by molar-refractivity contribution is 5.94. The van der Waals surface area contributed by atoms with E-state index in [1.54, 1.807) is 0 Å². The van der Waals surface area contributed by atoms with E-state index in [4.69, 9.17) is 4.98 Å². The summed E-state index contributed by atoms with van der Waals surface area (Å²) in [4.78, 5) is 19.4. The van der Waals surface area contributed by atoms with Gasteiger partial charge in [-0.05, 0) is 63.9 Å². The largest absolute Gasteiger partial charge is 0.326 e. The maximum atomic E-state index is 12.0. The number of carbonyl (C=O) groups excluding carboxylic acids is 1. The number of likely N-dealkylation sites (tertiary alicyclic amines) is 1. The van der Waals surface area contributed by atoms with Crippen LogP contribution in [0.1, 0.15) is 59.3 Å². The fourth-order valence-electron chi connectivity index (χ4n) is 3.62. The Balaban J connectivity index is 1.87. The zero-order chi connectivity index (χ0) is 18.8. The predicted octanol–water partition coefficient (Wildman–Crippen LogP) is 4.44. The molecule has 0 spiro atoms. The molecule has 1 aromatic carbocycles. The Morgan fingerprint density at radius 1 is 1.23 bits per heavy atom. The number of benzene rings is 1. The van der Waals surface area contributed by atoms with E-state index in [9.17, 15) is 4.79 Å². The smallest absolute Gasteiger partial charge is 0.226 e. The lowest BCUT2D eigenvalue weighted by atomic mass is 9.99. The highest BCUT2D eigenvalue weighted by Crippen LogP contribution is 2.26. The van der Waals surface area contributed by atoms with Crippen LogP contribution in [0.3, 0.4) is 0 Å². The normalized spacial score (nSPS) is 16.7. The minimum absolute atomic E-state index is 0.0315. The topological polar surface area (TPSA) is 50.2 Å². The van der Waals surface area contributed by atoms with Crippen LogP contribution in [-0.4, -0.2) is 33.4 Å². The molecular formula is C21H32N4O. The summed E-state index contributed by atoms with van der Waals surface area (Å²) >= 11 is 0. The van der Waals surface area contributed by atoms with Gasteiger partial charge in [-0.3, -0.25) is 9.69 Å². The van der Waals surface area contributed by atoms with Crippen molar-refractivity contribution in [3.8, 4) is 0 Å². The second kappa shape index (κ2) is 7.78. The fraction of sp³-hybridized carbons (Fsp3) is 0.619. The van der Waals surface area contributed by atoms with Crippen LogP contribution in [0, 0.1) is 11.8 Å². The van der Waals surface area contributed by atoms with E-state index in [0.717, 1.165) is 48.1 Å². The van der Waals surface area contributed by atoms with Crippen LogP contribution >= 0.6 is 0 Å². The molecule has 0 bridgehead atoms. The van der Waals surface area contributed by atoms with Gasteiger partial charge in [-0.15, -0.1) is 0 Å². The lowest BCUT2D eigenvalue weighted by molar-refractivity contribution is -0.118. The lowest BCUT2D eigenvalue weighted by Crippen LogP contribution is -2.33. The van der Waals surface area contributed by atoms with E-state index >= 15 is 0 Å². The summed E-state index contributed by atoms with van der Waals surface area (Å²) in [5.74, 6) is 1.96. The third kappa shape index (κ3) is 4.09. The van der Waals surface area contributed by atoms with E-state index in [0.29, 0.717) is 6.04 Å². The molecule has 5 nitrogen and oxygen atoms in total. The fourth-order valence-corrected chi connectivity index (χ4v) is 3.62. The standard InChI is InChI=1S/C21H32N4O/c1-14(2)21(26)22-17-6-7-19-18(12-17)23-20(25(19)15(3)4)13-24-10-8-16(5)9-11-24/h6-7,12,14-16H,8-11,13H2,1-5H3,(H,22,26). The molecule has 0 unspecified atom stereocenters. The van der Waals surface area contributed by atoms with E-state index in [2.05, 4.69) is 41.6 Å². The first-order valence-electron chi connectivity index (χ1n) is 9.89. The molecule has 1 aliphatic rings. The molecule has 1 fully saturated rings. The number of nitrogens with one attached hydrogen (secondary N) is 1. The summed E-state index contributed by atoms with van der Waals surface area (Å²) in [6.07, 6.45) is 2.54. The number of imidazole rings is 1. The number of fused-ring (bicyclic) bond motifs is 1. The second-order valence-corrected chi connectivity index (χ2v) is 8.30. The van der Waals surface area contributed by atoms with Gasteiger partial charge in [0.05, 0.1) is 17.6 Å². The zero-order valence-electron chi connectivity index (χ0n) is 16.7. The lowest BCUT2D eigenvalue weighted by Gasteiger charge is -2.30. The van der Waals surface area contributed by atoms with E-state index < -0.39 is 0 Å². The number of aromatic nitrogens is 2. The first-order chi connectivity index (χ1) is 12.3. The van der Waals surface area contributed by atoms with Gasteiger partial charge in [0.2, 0.25) is 5.91 Å². The van der Waals surface area contributed by atoms with Gasteiger partial charge >= 0.3 is 0 Å². The summed E-state index contributed by atoms with van der Waals surface area (Å²) in [6, 6.07) is 6.42. The Morgan fingerprint density at radius 2 is 1.92 bits per heavy atom. The van der Waals surface area contributed by atoms with Crippen molar-refractivity contribution in [3.63, 3.8) is 0 Å². The van der Waals surface area contributed by atoms with Crippen molar-refractivity contribution in [1.82, 2.24) is 14.5 Å². The van der Waals surface area contributed by atoms with Crippen LogP contribution in [-0.2, 0) is 11.3 Å². The SMILES string of the molecule is CC1CCN(Cc2nc3cc(NC(=O)C(C)C)ccc3n2C(C)C)CC1. The number of hydrogen-bond donors (Lipinski definition) is 1. The van der Waals surface area contributed by atoms with E-state index in [-0.39, 0.29) is 11.8 Å². The molecule has 0 aliphatic carbocycles.